The average Bonchev–Trinajstić information content (AvgIpc) is 2.18. The molecule has 0 saturated heterocycles. The largest absolute Gasteiger partial charge is 0.369 e. The maximum absolute atomic E-state index is 6.10. The third kappa shape index (κ3) is 4.60. The smallest absolute Gasteiger partial charge is 0.147 e. The summed E-state index contributed by atoms with van der Waals surface area (Å²) in [6.07, 6.45) is 1.02. The monoisotopic (exact) mass is 275 g/mol. The molecule has 96 valence electrons. The van der Waals surface area contributed by atoms with Crippen molar-refractivity contribution in [2.75, 3.05) is 17.2 Å². The van der Waals surface area contributed by atoms with E-state index in [9.17, 15) is 0 Å². The topological polar surface area (TPSA) is 37.0 Å². The lowest BCUT2D eigenvalue weighted by atomic mass is 10.1. The van der Waals surface area contributed by atoms with E-state index in [1.165, 1.54) is 0 Å². The Bertz CT molecular complexity index is 386. The third-order valence-corrected chi connectivity index (χ3v) is 2.54. The van der Waals surface area contributed by atoms with Crippen molar-refractivity contribution < 1.29 is 0 Å². The van der Waals surface area contributed by atoms with E-state index >= 15 is 0 Å². The van der Waals surface area contributed by atoms with Gasteiger partial charge in [0, 0.05) is 12.1 Å². The summed E-state index contributed by atoms with van der Waals surface area (Å²) in [5, 5.41) is 7.50. The van der Waals surface area contributed by atoms with E-state index < -0.39 is 0 Å². The van der Waals surface area contributed by atoms with Crippen molar-refractivity contribution in [1.29, 1.82) is 0 Å². The van der Waals surface area contributed by atoms with Crippen LogP contribution in [0.5, 0.6) is 0 Å². The van der Waals surface area contributed by atoms with Gasteiger partial charge in [-0.3, -0.25) is 0 Å². The normalized spacial score (nSPS) is 11.4. The van der Waals surface area contributed by atoms with Crippen molar-refractivity contribution in [3.63, 3.8) is 0 Å². The Morgan fingerprint density at radius 2 is 1.76 bits per heavy atom. The Morgan fingerprint density at radius 3 is 2.29 bits per heavy atom. The van der Waals surface area contributed by atoms with E-state index in [-0.39, 0.29) is 5.54 Å². The van der Waals surface area contributed by atoms with Gasteiger partial charge in [-0.25, -0.2) is 4.98 Å². The van der Waals surface area contributed by atoms with Crippen molar-refractivity contribution in [1.82, 2.24) is 4.98 Å². The molecule has 1 rings (SSSR count). The van der Waals surface area contributed by atoms with Gasteiger partial charge in [0.2, 0.25) is 0 Å². The fourth-order valence-electron chi connectivity index (χ4n) is 1.28. The van der Waals surface area contributed by atoms with Crippen LogP contribution in [0, 0.1) is 0 Å². The van der Waals surface area contributed by atoms with Gasteiger partial charge >= 0.3 is 0 Å². The molecule has 1 aromatic rings. The van der Waals surface area contributed by atoms with Crippen molar-refractivity contribution in [2.24, 2.45) is 0 Å². The van der Waals surface area contributed by atoms with Gasteiger partial charge in [0.15, 0.2) is 0 Å². The highest BCUT2D eigenvalue weighted by atomic mass is 35.5. The molecule has 0 radical (unpaired) electrons. The highest BCUT2D eigenvalue weighted by Gasteiger charge is 2.15. The zero-order valence-electron chi connectivity index (χ0n) is 10.7. The summed E-state index contributed by atoms with van der Waals surface area (Å²) >= 11 is 12.2. The van der Waals surface area contributed by atoms with Crippen LogP contribution in [0.25, 0.3) is 0 Å². The van der Waals surface area contributed by atoms with Crippen LogP contribution in [-0.2, 0) is 0 Å². The number of aromatic nitrogens is 1. The maximum atomic E-state index is 6.10. The van der Waals surface area contributed by atoms with Crippen molar-refractivity contribution in [3.8, 4) is 0 Å². The first-order chi connectivity index (χ1) is 7.83. The Balaban J connectivity index is 2.97. The van der Waals surface area contributed by atoms with Gasteiger partial charge in [0.05, 0.1) is 10.0 Å². The van der Waals surface area contributed by atoms with Gasteiger partial charge in [-0.15, -0.1) is 0 Å². The van der Waals surface area contributed by atoms with E-state index in [1.54, 1.807) is 6.07 Å². The van der Waals surface area contributed by atoms with Gasteiger partial charge in [0.25, 0.3) is 0 Å². The number of rotatable bonds is 4. The van der Waals surface area contributed by atoms with Crippen LogP contribution in [0.1, 0.15) is 34.1 Å². The molecule has 5 heteroatoms. The van der Waals surface area contributed by atoms with Crippen LogP contribution in [0.4, 0.5) is 11.6 Å². The van der Waals surface area contributed by atoms with E-state index in [4.69, 9.17) is 23.2 Å². The number of pyridine rings is 1. The molecule has 0 fully saturated rings. The molecule has 17 heavy (non-hydrogen) atoms. The minimum absolute atomic E-state index is 0.0908. The number of nitrogens with one attached hydrogen (secondary N) is 2. The summed E-state index contributed by atoms with van der Waals surface area (Å²) < 4.78 is 0. The van der Waals surface area contributed by atoms with Crippen LogP contribution < -0.4 is 10.6 Å². The zero-order valence-corrected chi connectivity index (χ0v) is 12.2. The first-order valence-corrected chi connectivity index (χ1v) is 6.47. The number of hydrogen-bond acceptors (Lipinski definition) is 3. The van der Waals surface area contributed by atoms with Gasteiger partial charge in [0.1, 0.15) is 11.6 Å². The Kier molecular flexibility index (Phi) is 4.90. The van der Waals surface area contributed by atoms with Gasteiger partial charge in [-0.2, -0.15) is 0 Å². The third-order valence-electron chi connectivity index (χ3n) is 1.97. The van der Waals surface area contributed by atoms with Crippen molar-refractivity contribution in [2.45, 2.75) is 39.7 Å². The molecule has 0 unspecified atom stereocenters. The van der Waals surface area contributed by atoms with Crippen LogP contribution in [0.3, 0.4) is 0 Å². The molecule has 0 aliphatic rings. The Labute approximate surface area is 113 Å². The summed E-state index contributed by atoms with van der Waals surface area (Å²) in [6.45, 7) is 9.09. The fourth-order valence-corrected chi connectivity index (χ4v) is 1.75. The number of hydrogen-bond donors (Lipinski definition) is 2. The summed E-state index contributed by atoms with van der Waals surface area (Å²) in [5.41, 5.74) is -0.0908. The molecule has 0 aliphatic carbocycles. The molecular weight excluding hydrogens is 257 g/mol. The highest BCUT2D eigenvalue weighted by Crippen LogP contribution is 2.30. The SMILES string of the molecule is CCCNc1nc(NC(C)(C)C)c(Cl)cc1Cl. The molecule has 0 atom stereocenters. The second-order valence-corrected chi connectivity index (χ2v) is 5.77. The second kappa shape index (κ2) is 5.78. The Morgan fingerprint density at radius 1 is 1.18 bits per heavy atom. The minimum Gasteiger partial charge on any atom is -0.369 e. The van der Waals surface area contributed by atoms with Crippen LogP contribution in [0.2, 0.25) is 10.0 Å². The van der Waals surface area contributed by atoms with Gasteiger partial charge in [-0.05, 0) is 33.3 Å². The van der Waals surface area contributed by atoms with E-state index in [1.807, 2.05) is 0 Å². The first kappa shape index (κ1) is 14.4. The van der Waals surface area contributed by atoms with Crippen LogP contribution in [-0.4, -0.2) is 17.1 Å². The lowest BCUT2D eigenvalue weighted by Gasteiger charge is -2.22. The number of nitrogens with zero attached hydrogens (tertiary/aromatic N) is 1. The predicted molar refractivity (Wildman–Crippen MR) is 76.4 cm³/mol. The highest BCUT2D eigenvalue weighted by molar-refractivity contribution is 6.37. The summed E-state index contributed by atoms with van der Waals surface area (Å²) in [4.78, 5) is 4.41. The van der Waals surface area contributed by atoms with Gasteiger partial charge in [-0.1, -0.05) is 30.1 Å². The molecule has 0 amide bonds. The van der Waals surface area contributed by atoms with Crippen LogP contribution in [0.15, 0.2) is 6.07 Å². The zero-order chi connectivity index (χ0) is 13.1. The van der Waals surface area contributed by atoms with Crippen molar-refractivity contribution in [3.05, 3.63) is 16.1 Å². The Hall–Kier alpha value is -0.670. The fraction of sp³-hybridized carbons (Fsp3) is 0.583. The summed E-state index contributed by atoms with van der Waals surface area (Å²) in [5.74, 6) is 1.33. The summed E-state index contributed by atoms with van der Waals surface area (Å²) in [7, 11) is 0. The van der Waals surface area contributed by atoms with Crippen LogP contribution >= 0.6 is 23.2 Å². The number of halogens is 2. The molecule has 0 aliphatic heterocycles. The summed E-state index contributed by atoms with van der Waals surface area (Å²) in [6, 6.07) is 1.71. The van der Waals surface area contributed by atoms with Gasteiger partial charge < -0.3 is 10.6 Å². The lowest BCUT2D eigenvalue weighted by molar-refractivity contribution is 0.630. The number of anilines is 2. The molecule has 0 saturated carbocycles. The first-order valence-electron chi connectivity index (χ1n) is 5.71. The molecule has 0 bridgehead atoms. The predicted octanol–water partition coefficient (Wildman–Crippen LogP) is 4.42. The average molecular weight is 276 g/mol. The lowest BCUT2D eigenvalue weighted by Crippen LogP contribution is -2.27. The van der Waals surface area contributed by atoms with Crippen molar-refractivity contribution >= 4 is 34.8 Å². The minimum atomic E-state index is -0.0908. The quantitative estimate of drug-likeness (QED) is 0.854. The van der Waals surface area contributed by atoms with E-state index in [2.05, 4.69) is 43.3 Å². The molecule has 3 nitrogen and oxygen atoms in total. The van der Waals surface area contributed by atoms with E-state index in [0.717, 1.165) is 13.0 Å². The second-order valence-electron chi connectivity index (χ2n) is 4.95. The molecule has 0 aromatic carbocycles. The molecule has 1 heterocycles. The maximum Gasteiger partial charge on any atom is 0.147 e. The molecule has 1 aromatic heterocycles. The molecule has 2 N–H and O–H groups in total. The molecular formula is C12H19Cl2N3. The van der Waals surface area contributed by atoms with E-state index in [0.29, 0.717) is 21.7 Å². The molecule has 0 spiro atoms. The standard InChI is InChI=1S/C12H19Cl2N3/c1-5-6-15-10-8(13)7-9(14)11(16-10)17-12(2,3)4/h7H,5-6H2,1-4H3,(H2,15,16,17).